The van der Waals surface area contributed by atoms with E-state index in [1.165, 1.54) is 42.1 Å². The van der Waals surface area contributed by atoms with Gasteiger partial charge in [0, 0.05) is 30.4 Å². The number of hydrogen-bond donors (Lipinski definition) is 1. The summed E-state index contributed by atoms with van der Waals surface area (Å²) < 4.78 is 43.2. The van der Waals surface area contributed by atoms with Gasteiger partial charge in [-0.15, -0.1) is 11.8 Å². The number of halogens is 1. The molecule has 31 heavy (non-hydrogen) atoms. The van der Waals surface area contributed by atoms with E-state index in [1.807, 2.05) is 17.0 Å². The molecule has 1 heterocycles. The highest BCUT2D eigenvalue weighted by molar-refractivity contribution is 7.98. The number of sulfonamides is 1. The minimum Gasteiger partial charge on any atom is -0.354 e. The molecule has 1 amide bonds. The van der Waals surface area contributed by atoms with Crippen molar-refractivity contribution >= 4 is 33.4 Å². The molecule has 0 saturated heterocycles. The predicted molar refractivity (Wildman–Crippen MR) is 119 cm³/mol. The Hall–Kier alpha value is -2.85. The molecule has 0 radical (unpaired) electrons. The lowest BCUT2D eigenvalue weighted by Gasteiger charge is -2.24. The molecule has 0 fully saturated rings. The van der Waals surface area contributed by atoms with Crippen LogP contribution in [-0.4, -0.2) is 43.2 Å². The van der Waals surface area contributed by atoms with Crippen molar-refractivity contribution < 1.29 is 17.6 Å². The maximum Gasteiger partial charge on any atom is 0.264 e. The van der Waals surface area contributed by atoms with Crippen LogP contribution < -0.4 is 9.62 Å². The first-order valence-corrected chi connectivity index (χ1v) is 12.2. The van der Waals surface area contributed by atoms with Gasteiger partial charge in [0.05, 0.1) is 16.9 Å². The number of aryl methyl sites for hydroxylation is 1. The van der Waals surface area contributed by atoms with Crippen molar-refractivity contribution in [3.63, 3.8) is 0 Å². The predicted octanol–water partition coefficient (Wildman–Crippen LogP) is 3.15. The summed E-state index contributed by atoms with van der Waals surface area (Å²) in [5, 5.41) is 2.73. The second kappa shape index (κ2) is 10.5. The summed E-state index contributed by atoms with van der Waals surface area (Å²) in [5.41, 5.74) is 0.0857. The molecule has 1 aromatic heterocycles. The summed E-state index contributed by atoms with van der Waals surface area (Å²) >= 11 is 1.49. The number of carbonyl (C=O) groups is 1. The Bertz CT molecular complexity index is 1100. The zero-order valence-corrected chi connectivity index (χ0v) is 18.6. The molecule has 0 spiro atoms. The Morgan fingerprint density at radius 3 is 2.65 bits per heavy atom. The number of aromatic nitrogens is 2. The number of nitrogens with zero attached hydrogens (tertiary/aromatic N) is 3. The van der Waals surface area contributed by atoms with Crippen LogP contribution in [0, 0.1) is 5.82 Å². The molecule has 0 aliphatic heterocycles. The molecule has 0 atom stereocenters. The van der Waals surface area contributed by atoms with Crippen LogP contribution in [0.5, 0.6) is 0 Å². The lowest BCUT2D eigenvalue weighted by molar-refractivity contribution is -0.119. The number of amides is 1. The normalized spacial score (nSPS) is 11.3. The highest BCUT2D eigenvalue weighted by Gasteiger charge is 2.27. The van der Waals surface area contributed by atoms with E-state index in [1.54, 1.807) is 24.7 Å². The van der Waals surface area contributed by atoms with Crippen LogP contribution in [0.25, 0.3) is 0 Å². The largest absolute Gasteiger partial charge is 0.354 e. The van der Waals surface area contributed by atoms with Crippen LogP contribution in [-0.2, 0) is 21.4 Å². The van der Waals surface area contributed by atoms with Gasteiger partial charge >= 0.3 is 0 Å². The molecule has 0 aliphatic carbocycles. The Balaban J connectivity index is 1.75. The summed E-state index contributed by atoms with van der Waals surface area (Å²) in [4.78, 5) is 17.4. The smallest absolute Gasteiger partial charge is 0.264 e. The van der Waals surface area contributed by atoms with E-state index in [-0.39, 0.29) is 10.6 Å². The van der Waals surface area contributed by atoms with E-state index >= 15 is 0 Å². The fourth-order valence-electron chi connectivity index (χ4n) is 2.92. The standard InChI is InChI=1S/C21H23FN4O3S2/c1-30-19-6-8-20(9-7-19)31(28,29)26(18-5-2-4-17(22)14-18)15-21(27)24-10-3-12-25-13-11-23-16-25/h2,4-9,11,13-14,16H,3,10,12,15H2,1H3,(H,24,27). The molecule has 0 aliphatic rings. The summed E-state index contributed by atoms with van der Waals surface area (Å²) in [6.07, 6.45) is 7.72. The van der Waals surface area contributed by atoms with Crippen molar-refractivity contribution in [3.8, 4) is 0 Å². The summed E-state index contributed by atoms with van der Waals surface area (Å²) in [5.74, 6) is -1.06. The van der Waals surface area contributed by atoms with Crippen molar-refractivity contribution in [2.45, 2.75) is 22.8 Å². The highest BCUT2D eigenvalue weighted by atomic mass is 32.2. The monoisotopic (exact) mass is 462 g/mol. The fourth-order valence-corrected chi connectivity index (χ4v) is 4.74. The van der Waals surface area contributed by atoms with Gasteiger partial charge in [-0.3, -0.25) is 9.10 Å². The van der Waals surface area contributed by atoms with E-state index in [4.69, 9.17) is 0 Å². The topological polar surface area (TPSA) is 84.3 Å². The molecule has 10 heteroatoms. The third-order valence-electron chi connectivity index (χ3n) is 4.51. The average Bonchev–Trinajstić information content (AvgIpc) is 3.28. The zero-order chi connectivity index (χ0) is 22.3. The van der Waals surface area contributed by atoms with Gasteiger partial charge in [-0.2, -0.15) is 0 Å². The number of rotatable bonds is 10. The zero-order valence-electron chi connectivity index (χ0n) is 16.9. The first-order valence-electron chi connectivity index (χ1n) is 9.55. The Kier molecular flexibility index (Phi) is 7.69. The van der Waals surface area contributed by atoms with Gasteiger partial charge in [-0.05, 0) is 55.1 Å². The van der Waals surface area contributed by atoms with E-state index < -0.39 is 28.3 Å². The SMILES string of the molecule is CSc1ccc(S(=O)(=O)N(CC(=O)NCCCn2ccnc2)c2cccc(F)c2)cc1. The van der Waals surface area contributed by atoms with Crippen molar-refractivity contribution in [3.05, 3.63) is 73.1 Å². The molecule has 3 aromatic rings. The van der Waals surface area contributed by atoms with E-state index in [9.17, 15) is 17.6 Å². The van der Waals surface area contributed by atoms with Crippen molar-refractivity contribution in [2.75, 3.05) is 23.7 Å². The third kappa shape index (κ3) is 6.08. The van der Waals surface area contributed by atoms with Crippen molar-refractivity contribution in [2.24, 2.45) is 0 Å². The number of nitrogens with one attached hydrogen (secondary N) is 1. The third-order valence-corrected chi connectivity index (χ3v) is 7.04. The maximum atomic E-state index is 13.8. The van der Waals surface area contributed by atoms with Crippen LogP contribution in [0.1, 0.15) is 6.42 Å². The van der Waals surface area contributed by atoms with E-state index in [0.717, 1.165) is 15.3 Å². The lowest BCUT2D eigenvalue weighted by Crippen LogP contribution is -2.41. The van der Waals surface area contributed by atoms with Crippen LogP contribution >= 0.6 is 11.8 Å². The van der Waals surface area contributed by atoms with Crippen LogP contribution in [0.2, 0.25) is 0 Å². The van der Waals surface area contributed by atoms with Gasteiger partial charge < -0.3 is 9.88 Å². The van der Waals surface area contributed by atoms with Gasteiger partial charge in [0.25, 0.3) is 10.0 Å². The van der Waals surface area contributed by atoms with Gasteiger partial charge in [-0.25, -0.2) is 17.8 Å². The van der Waals surface area contributed by atoms with Crippen LogP contribution in [0.15, 0.2) is 77.0 Å². The summed E-state index contributed by atoms with van der Waals surface area (Å²) in [6, 6.07) is 11.5. The molecule has 164 valence electrons. The van der Waals surface area contributed by atoms with Gasteiger partial charge in [0.2, 0.25) is 5.91 Å². The number of benzene rings is 2. The number of thioether (sulfide) groups is 1. The quantitative estimate of drug-likeness (QED) is 0.370. The van der Waals surface area contributed by atoms with E-state index in [0.29, 0.717) is 19.5 Å². The second-order valence-corrected chi connectivity index (χ2v) is 9.41. The summed E-state index contributed by atoms with van der Waals surface area (Å²) in [7, 11) is -4.07. The molecule has 0 bridgehead atoms. The van der Waals surface area contributed by atoms with Crippen LogP contribution in [0.3, 0.4) is 0 Å². The Morgan fingerprint density at radius 1 is 1.23 bits per heavy atom. The van der Waals surface area contributed by atoms with Gasteiger partial charge in [-0.1, -0.05) is 6.07 Å². The van der Waals surface area contributed by atoms with Crippen molar-refractivity contribution in [1.29, 1.82) is 0 Å². The Labute approximate surface area is 185 Å². The van der Waals surface area contributed by atoms with E-state index in [2.05, 4.69) is 10.3 Å². The molecule has 7 nitrogen and oxygen atoms in total. The highest BCUT2D eigenvalue weighted by Crippen LogP contribution is 2.25. The molecular formula is C21H23FN4O3S2. The minimum atomic E-state index is -4.07. The number of hydrogen-bond acceptors (Lipinski definition) is 5. The second-order valence-electron chi connectivity index (χ2n) is 6.67. The summed E-state index contributed by atoms with van der Waals surface area (Å²) in [6.45, 7) is 0.589. The maximum absolute atomic E-state index is 13.8. The fraction of sp³-hybridized carbons (Fsp3) is 0.238. The first kappa shape index (κ1) is 22.8. The molecular weight excluding hydrogens is 439 g/mol. The molecule has 1 N–H and O–H groups in total. The molecule has 2 aromatic carbocycles. The molecule has 0 saturated carbocycles. The first-order chi connectivity index (χ1) is 14.9. The average molecular weight is 463 g/mol. The minimum absolute atomic E-state index is 0.0301. The molecule has 0 unspecified atom stereocenters. The van der Waals surface area contributed by atoms with Gasteiger partial charge in [0.15, 0.2) is 0 Å². The molecule has 3 rings (SSSR count). The van der Waals surface area contributed by atoms with Crippen molar-refractivity contribution in [1.82, 2.24) is 14.9 Å². The number of anilines is 1. The van der Waals surface area contributed by atoms with Crippen LogP contribution in [0.4, 0.5) is 10.1 Å². The number of carbonyl (C=O) groups excluding carboxylic acids is 1. The Morgan fingerprint density at radius 2 is 2.00 bits per heavy atom. The lowest BCUT2D eigenvalue weighted by atomic mass is 10.3. The number of imidazole rings is 1. The van der Waals surface area contributed by atoms with Gasteiger partial charge in [0.1, 0.15) is 12.4 Å².